The third kappa shape index (κ3) is 3.14. The number of carbonyl (C=O) groups is 1. The van der Waals surface area contributed by atoms with Crippen LogP contribution in [0.25, 0.3) is 4.85 Å². The summed E-state index contributed by atoms with van der Waals surface area (Å²) in [7, 11) is 0. The Hall–Kier alpha value is -1.82. The lowest BCUT2D eigenvalue weighted by Crippen LogP contribution is -2.25. The average molecular weight is 257 g/mol. The summed E-state index contributed by atoms with van der Waals surface area (Å²) in [5, 5.41) is 0. The smallest absolute Gasteiger partial charge is 0.310 e. The first-order valence-corrected chi connectivity index (χ1v) is 6.52. The third-order valence-corrected chi connectivity index (χ3v) is 3.27. The zero-order valence-corrected chi connectivity index (χ0v) is 11.9. The topological polar surface area (TPSA) is 30.7 Å². The largest absolute Gasteiger partial charge is 0.460 e. The molecule has 1 aliphatic rings. The number of esters is 1. The van der Waals surface area contributed by atoms with Crippen LogP contribution in [0.1, 0.15) is 44.2 Å². The molecule has 0 aliphatic heterocycles. The van der Waals surface area contributed by atoms with E-state index in [9.17, 15) is 4.79 Å². The van der Waals surface area contributed by atoms with E-state index in [2.05, 4.69) is 4.85 Å². The summed E-state index contributed by atoms with van der Waals surface area (Å²) < 4.78 is 5.40. The van der Waals surface area contributed by atoms with E-state index >= 15 is 0 Å². The molecule has 0 aromatic heterocycles. The number of ether oxygens (including phenoxy) is 1. The summed E-state index contributed by atoms with van der Waals surface area (Å²) in [5.41, 5.74) is 2.37. The number of rotatable bonds is 2. The van der Waals surface area contributed by atoms with Gasteiger partial charge in [-0.1, -0.05) is 18.2 Å². The highest BCUT2D eigenvalue weighted by atomic mass is 16.6. The molecule has 1 aromatic carbocycles. The van der Waals surface area contributed by atoms with Crippen LogP contribution in [0, 0.1) is 19.4 Å². The van der Waals surface area contributed by atoms with Crippen molar-refractivity contribution in [3.8, 4) is 0 Å². The van der Waals surface area contributed by atoms with Gasteiger partial charge in [-0.25, -0.2) is 4.85 Å². The Labute approximate surface area is 114 Å². The molecule has 2 unspecified atom stereocenters. The Morgan fingerprint density at radius 1 is 1.42 bits per heavy atom. The molecule has 0 amide bonds. The second kappa shape index (κ2) is 4.70. The van der Waals surface area contributed by atoms with Crippen LogP contribution in [-0.2, 0) is 9.53 Å². The van der Waals surface area contributed by atoms with Crippen LogP contribution in [0.15, 0.2) is 18.2 Å². The van der Waals surface area contributed by atoms with Gasteiger partial charge < -0.3 is 4.74 Å². The van der Waals surface area contributed by atoms with Crippen LogP contribution in [-0.4, -0.2) is 11.6 Å². The zero-order valence-electron chi connectivity index (χ0n) is 11.9. The van der Waals surface area contributed by atoms with Gasteiger partial charge in [0.25, 0.3) is 0 Å². The van der Waals surface area contributed by atoms with Crippen LogP contribution in [0.4, 0.5) is 5.69 Å². The molecular weight excluding hydrogens is 238 g/mol. The summed E-state index contributed by atoms with van der Waals surface area (Å²) in [5.74, 6) is 0.134. The average Bonchev–Trinajstić information content (AvgIpc) is 3.06. The van der Waals surface area contributed by atoms with E-state index < -0.39 is 5.60 Å². The molecule has 0 radical (unpaired) electrons. The maximum absolute atomic E-state index is 11.9. The second-order valence-electron chi connectivity index (χ2n) is 6.14. The van der Waals surface area contributed by atoms with E-state index in [1.807, 2.05) is 45.9 Å². The maximum atomic E-state index is 11.9. The Kier molecular flexibility index (Phi) is 3.36. The molecule has 100 valence electrons. The number of nitrogens with zero attached hydrogens (tertiary/aromatic N) is 1. The van der Waals surface area contributed by atoms with Gasteiger partial charge in [0.2, 0.25) is 0 Å². The van der Waals surface area contributed by atoms with Gasteiger partial charge in [-0.15, -0.1) is 0 Å². The molecule has 2 atom stereocenters. The fraction of sp³-hybridized carbons (Fsp3) is 0.500. The molecule has 1 aromatic rings. The predicted molar refractivity (Wildman–Crippen MR) is 74.1 cm³/mol. The van der Waals surface area contributed by atoms with Gasteiger partial charge in [-0.3, -0.25) is 4.79 Å². The zero-order chi connectivity index (χ0) is 14.2. The van der Waals surface area contributed by atoms with Crippen molar-refractivity contribution < 1.29 is 9.53 Å². The van der Waals surface area contributed by atoms with E-state index in [0.717, 1.165) is 17.5 Å². The molecule has 19 heavy (non-hydrogen) atoms. The molecule has 1 saturated carbocycles. The molecule has 0 bridgehead atoms. The minimum atomic E-state index is -0.423. The van der Waals surface area contributed by atoms with Gasteiger partial charge in [-0.05, 0) is 51.2 Å². The molecule has 1 fully saturated rings. The van der Waals surface area contributed by atoms with E-state index in [-0.39, 0.29) is 17.8 Å². The standard InChI is InChI=1S/C16H19NO2/c1-10-8-11(6-7-14(10)17-5)12-9-13(12)15(18)19-16(2,3)4/h6-8,12-13H,9H2,1-4H3. The van der Waals surface area contributed by atoms with Crippen molar-refractivity contribution in [1.29, 1.82) is 0 Å². The minimum absolute atomic E-state index is 0.0163. The van der Waals surface area contributed by atoms with Crippen LogP contribution in [0.2, 0.25) is 0 Å². The lowest BCUT2D eigenvalue weighted by atomic mass is 10.0. The molecule has 2 rings (SSSR count). The van der Waals surface area contributed by atoms with Crippen LogP contribution >= 0.6 is 0 Å². The van der Waals surface area contributed by atoms with E-state index in [1.54, 1.807) is 0 Å². The third-order valence-electron chi connectivity index (χ3n) is 3.27. The molecule has 3 heteroatoms. The molecule has 0 spiro atoms. The maximum Gasteiger partial charge on any atom is 0.310 e. The minimum Gasteiger partial charge on any atom is -0.460 e. The predicted octanol–water partition coefficient (Wildman–Crippen LogP) is 3.99. The Morgan fingerprint density at radius 2 is 2.11 bits per heavy atom. The van der Waals surface area contributed by atoms with Crippen molar-refractivity contribution in [3.63, 3.8) is 0 Å². The van der Waals surface area contributed by atoms with Crippen LogP contribution in [0.5, 0.6) is 0 Å². The summed E-state index contributed by atoms with van der Waals surface area (Å²) in [6.45, 7) is 14.6. The fourth-order valence-electron chi connectivity index (χ4n) is 2.24. The quantitative estimate of drug-likeness (QED) is 0.592. The summed E-state index contributed by atoms with van der Waals surface area (Å²) >= 11 is 0. The molecule has 0 heterocycles. The first-order valence-electron chi connectivity index (χ1n) is 6.52. The highest BCUT2D eigenvalue weighted by Gasteiger charge is 2.46. The fourth-order valence-corrected chi connectivity index (χ4v) is 2.24. The van der Waals surface area contributed by atoms with Crippen molar-refractivity contribution in [3.05, 3.63) is 40.7 Å². The summed E-state index contributed by atoms with van der Waals surface area (Å²) in [4.78, 5) is 15.4. The molecule has 0 saturated heterocycles. The SMILES string of the molecule is [C-]#[N+]c1ccc(C2CC2C(=O)OC(C)(C)C)cc1C. The number of carbonyl (C=O) groups excluding carboxylic acids is 1. The highest BCUT2D eigenvalue weighted by molar-refractivity contribution is 5.78. The number of aryl methyl sites for hydroxylation is 1. The van der Waals surface area contributed by atoms with Gasteiger partial charge in [0.05, 0.1) is 12.5 Å². The highest BCUT2D eigenvalue weighted by Crippen LogP contribution is 2.49. The summed E-state index contributed by atoms with van der Waals surface area (Å²) in [6, 6.07) is 5.81. The van der Waals surface area contributed by atoms with E-state index in [4.69, 9.17) is 11.3 Å². The molecular formula is C16H19NO2. The number of benzene rings is 1. The molecule has 0 N–H and O–H groups in total. The molecule has 1 aliphatic carbocycles. The number of hydrogen-bond acceptors (Lipinski definition) is 2. The van der Waals surface area contributed by atoms with Crippen LogP contribution < -0.4 is 0 Å². The lowest BCUT2D eigenvalue weighted by Gasteiger charge is -2.19. The second-order valence-corrected chi connectivity index (χ2v) is 6.14. The monoisotopic (exact) mass is 257 g/mol. The van der Waals surface area contributed by atoms with Crippen LogP contribution in [0.3, 0.4) is 0 Å². The number of hydrogen-bond donors (Lipinski definition) is 0. The lowest BCUT2D eigenvalue weighted by molar-refractivity contribution is -0.156. The Balaban J connectivity index is 2.06. The van der Waals surface area contributed by atoms with E-state index in [1.165, 1.54) is 0 Å². The van der Waals surface area contributed by atoms with Crippen molar-refractivity contribution in [2.45, 2.75) is 45.6 Å². The van der Waals surface area contributed by atoms with Gasteiger partial charge >= 0.3 is 5.97 Å². The van der Waals surface area contributed by atoms with Gasteiger partial charge in [0, 0.05) is 0 Å². The Bertz CT molecular complexity index is 549. The molecule has 3 nitrogen and oxygen atoms in total. The normalized spacial score (nSPS) is 21.6. The van der Waals surface area contributed by atoms with Crippen molar-refractivity contribution in [2.75, 3.05) is 0 Å². The Morgan fingerprint density at radius 3 is 2.63 bits per heavy atom. The van der Waals surface area contributed by atoms with Gasteiger partial charge in [-0.2, -0.15) is 0 Å². The summed E-state index contributed by atoms with van der Waals surface area (Å²) in [6.07, 6.45) is 0.853. The van der Waals surface area contributed by atoms with Gasteiger partial charge in [0.15, 0.2) is 5.69 Å². The van der Waals surface area contributed by atoms with Crippen molar-refractivity contribution in [2.24, 2.45) is 5.92 Å². The van der Waals surface area contributed by atoms with Crippen molar-refractivity contribution >= 4 is 11.7 Å². The first kappa shape index (κ1) is 13.6. The first-order chi connectivity index (χ1) is 8.81. The van der Waals surface area contributed by atoms with Gasteiger partial charge in [0.1, 0.15) is 5.60 Å². The van der Waals surface area contributed by atoms with Crippen molar-refractivity contribution in [1.82, 2.24) is 0 Å². The van der Waals surface area contributed by atoms with E-state index in [0.29, 0.717) is 5.69 Å².